The number of aryl methyl sites for hydroxylation is 1. The first-order valence-electron chi connectivity index (χ1n) is 12.4. The first-order valence-corrected chi connectivity index (χ1v) is 13.6. The molecule has 0 bridgehead atoms. The van der Waals surface area contributed by atoms with Gasteiger partial charge < -0.3 is 14.8 Å². The Morgan fingerprint density at radius 1 is 1.15 bits per heavy atom. The number of carbonyl (C=O) groups excluding carboxylic acids is 3. The molecule has 1 unspecified atom stereocenters. The van der Waals surface area contributed by atoms with E-state index in [9.17, 15) is 18.8 Å². The summed E-state index contributed by atoms with van der Waals surface area (Å²) in [6.07, 6.45) is 3.90. The highest BCUT2D eigenvalue weighted by Gasteiger charge is 2.27. The van der Waals surface area contributed by atoms with Gasteiger partial charge in [0.15, 0.2) is 6.10 Å². The van der Waals surface area contributed by atoms with E-state index in [4.69, 9.17) is 21.1 Å². The first-order chi connectivity index (χ1) is 18.8. The van der Waals surface area contributed by atoms with Gasteiger partial charge in [-0.1, -0.05) is 17.7 Å². The molecule has 2 N–H and O–H groups in total. The number of carbonyl (C=O) groups is 3. The molecular weight excluding hydrogens is 545 g/mol. The number of thiophene rings is 1. The number of halogens is 2. The highest BCUT2D eigenvalue weighted by atomic mass is 35.5. The maximum atomic E-state index is 13.8. The zero-order valence-electron chi connectivity index (χ0n) is 21.4. The number of benzene rings is 2. The molecule has 2 amide bonds. The molecule has 0 aliphatic heterocycles. The van der Waals surface area contributed by atoms with Crippen molar-refractivity contribution in [1.82, 2.24) is 5.43 Å². The Labute approximate surface area is 234 Å². The molecule has 8 nitrogen and oxygen atoms in total. The van der Waals surface area contributed by atoms with E-state index in [1.807, 2.05) is 0 Å². The van der Waals surface area contributed by atoms with Crippen LogP contribution in [0.25, 0.3) is 0 Å². The number of nitrogens with one attached hydrogen (secondary N) is 2. The van der Waals surface area contributed by atoms with Crippen molar-refractivity contribution in [3.8, 4) is 5.75 Å². The molecule has 0 saturated carbocycles. The summed E-state index contributed by atoms with van der Waals surface area (Å²) in [6.45, 7) is 3.52. The van der Waals surface area contributed by atoms with Crippen LogP contribution in [0.2, 0.25) is 5.02 Å². The summed E-state index contributed by atoms with van der Waals surface area (Å²) in [6, 6.07) is 10.5. The second-order valence-corrected chi connectivity index (χ2v) is 10.3. The fraction of sp³-hybridized carbons (Fsp3) is 0.286. The smallest absolute Gasteiger partial charge is 0.341 e. The minimum Gasteiger partial charge on any atom is -0.481 e. The van der Waals surface area contributed by atoms with Crippen molar-refractivity contribution in [2.45, 2.75) is 45.6 Å². The van der Waals surface area contributed by atoms with E-state index in [1.54, 1.807) is 31.2 Å². The molecule has 3 aromatic rings. The topological polar surface area (TPSA) is 106 Å². The Kier molecular flexibility index (Phi) is 9.32. The molecule has 1 aliphatic rings. The van der Waals surface area contributed by atoms with Gasteiger partial charge in [-0.15, -0.1) is 11.3 Å². The quantitative estimate of drug-likeness (QED) is 0.193. The third-order valence-electron chi connectivity index (χ3n) is 6.04. The average Bonchev–Trinajstić information content (AvgIpc) is 3.28. The molecule has 0 spiro atoms. The maximum absolute atomic E-state index is 13.8. The van der Waals surface area contributed by atoms with Crippen LogP contribution in [0.1, 0.15) is 63.4 Å². The molecule has 1 aromatic heterocycles. The van der Waals surface area contributed by atoms with Crippen molar-refractivity contribution in [1.29, 1.82) is 0 Å². The van der Waals surface area contributed by atoms with Crippen molar-refractivity contribution in [3.63, 3.8) is 0 Å². The lowest BCUT2D eigenvalue weighted by Gasteiger charge is -2.13. The molecule has 1 heterocycles. The van der Waals surface area contributed by atoms with Gasteiger partial charge in [0.25, 0.3) is 11.8 Å². The number of hydrogen-bond acceptors (Lipinski definition) is 7. The zero-order valence-corrected chi connectivity index (χ0v) is 23.0. The molecule has 4 rings (SSSR count). The SMILES string of the molecule is CCOC(=O)c1c(NC(=O)c2ccc(OC(C)C(=O)N/N=C/c3c(F)cccc3Cl)cc2)sc2c1CCCC2. The van der Waals surface area contributed by atoms with Crippen molar-refractivity contribution in [2.24, 2.45) is 5.10 Å². The normalized spacial score (nSPS) is 13.4. The third-order valence-corrected chi connectivity index (χ3v) is 7.58. The van der Waals surface area contributed by atoms with E-state index in [-0.39, 0.29) is 23.1 Å². The number of nitrogens with zero attached hydrogens (tertiary/aromatic N) is 1. The predicted octanol–water partition coefficient (Wildman–Crippen LogP) is 5.77. The molecule has 0 saturated heterocycles. The van der Waals surface area contributed by atoms with Gasteiger partial charge in [0.2, 0.25) is 0 Å². The molecule has 0 radical (unpaired) electrons. The number of anilines is 1. The minimum atomic E-state index is -0.928. The number of amides is 2. The van der Waals surface area contributed by atoms with E-state index in [0.29, 0.717) is 21.9 Å². The zero-order chi connectivity index (χ0) is 27.9. The van der Waals surface area contributed by atoms with Crippen molar-refractivity contribution < 1.29 is 28.2 Å². The second kappa shape index (κ2) is 12.9. The van der Waals surface area contributed by atoms with Crippen molar-refractivity contribution in [3.05, 3.63) is 80.4 Å². The summed E-state index contributed by atoms with van der Waals surface area (Å²) in [4.78, 5) is 39.0. The van der Waals surface area contributed by atoms with E-state index >= 15 is 0 Å². The van der Waals surface area contributed by atoms with Crippen LogP contribution in [0.15, 0.2) is 47.6 Å². The van der Waals surface area contributed by atoms with Crippen LogP contribution in [0.3, 0.4) is 0 Å². The van der Waals surface area contributed by atoms with Gasteiger partial charge in [-0.25, -0.2) is 14.6 Å². The van der Waals surface area contributed by atoms with E-state index in [1.165, 1.54) is 36.5 Å². The molecule has 204 valence electrons. The largest absolute Gasteiger partial charge is 0.481 e. The van der Waals surface area contributed by atoms with Crippen molar-refractivity contribution in [2.75, 3.05) is 11.9 Å². The van der Waals surface area contributed by atoms with Gasteiger partial charge in [-0.3, -0.25) is 9.59 Å². The summed E-state index contributed by atoms with van der Waals surface area (Å²) < 4.78 is 24.7. The second-order valence-electron chi connectivity index (χ2n) is 8.74. The van der Waals surface area contributed by atoms with Gasteiger partial charge in [0.1, 0.15) is 16.6 Å². The van der Waals surface area contributed by atoms with Crippen LogP contribution in [0.5, 0.6) is 5.75 Å². The fourth-order valence-corrected chi connectivity index (χ4v) is 5.56. The van der Waals surface area contributed by atoms with Crippen LogP contribution >= 0.6 is 22.9 Å². The number of esters is 1. The number of hydrogen-bond donors (Lipinski definition) is 2. The molecule has 1 aliphatic carbocycles. The van der Waals surface area contributed by atoms with Gasteiger partial charge in [-0.2, -0.15) is 5.10 Å². The Morgan fingerprint density at radius 2 is 1.90 bits per heavy atom. The van der Waals surface area contributed by atoms with E-state index in [2.05, 4.69) is 15.8 Å². The summed E-state index contributed by atoms with van der Waals surface area (Å²) in [5, 5.41) is 7.27. The number of rotatable bonds is 9. The number of ether oxygens (including phenoxy) is 2. The molecule has 2 aromatic carbocycles. The number of hydrazone groups is 1. The van der Waals surface area contributed by atoms with Crippen LogP contribution in [0.4, 0.5) is 9.39 Å². The lowest BCUT2D eigenvalue weighted by atomic mass is 9.95. The van der Waals surface area contributed by atoms with Crippen LogP contribution in [-0.4, -0.2) is 36.7 Å². The Bertz CT molecular complexity index is 1390. The minimum absolute atomic E-state index is 0.0546. The molecule has 0 fully saturated rings. The Morgan fingerprint density at radius 3 is 2.62 bits per heavy atom. The van der Waals surface area contributed by atoms with E-state index in [0.717, 1.165) is 42.3 Å². The highest BCUT2D eigenvalue weighted by molar-refractivity contribution is 7.17. The Balaban J connectivity index is 1.37. The summed E-state index contributed by atoms with van der Waals surface area (Å²) >= 11 is 7.35. The van der Waals surface area contributed by atoms with Gasteiger partial charge in [0.05, 0.1) is 23.4 Å². The lowest BCUT2D eigenvalue weighted by Crippen LogP contribution is -2.33. The summed E-state index contributed by atoms with van der Waals surface area (Å²) in [7, 11) is 0. The summed E-state index contributed by atoms with van der Waals surface area (Å²) in [5.74, 6) is -1.57. The molecule has 1 atom stereocenters. The fourth-order valence-electron chi connectivity index (χ4n) is 4.08. The molecule has 11 heteroatoms. The van der Waals surface area contributed by atoms with Gasteiger partial charge >= 0.3 is 5.97 Å². The van der Waals surface area contributed by atoms with E-state index < -0.39 is 23.8 Å². The van der Waals surface area contributed by atoms with Crippen LogP contribution < -0.4 is 15.5 Å². The Hall–Kier alpha value is -3.76. The van der Waals surface area contributed by atoms with Crippen LogP contribution in [0, 0.1) is 5.82 Å². The van der Waals surface area contributed by atoms with Crippen molar-refractivity contribution >= 4 is 51.9 Å². The molecular formula is C28H27ClFN3O5S. The highest BCUT2D eigenvalue weighted by Crippen LogP contribution is 2.38. The van der Waals surface area contributed by atoms with Crippen LogP contribution in [-0.2, 0) is 22.4 Å². The number of fused-ring (bicyclic) bond motifs is 1. The third kappa shape index (κ3) is 6.82. The lowest BCUT2D eigenvalue weighted by molar-refractivity contribution is -0.127. The summed E-state index contributed by atoms with van der Waals surface area (Å²) in [5.41, 5.74) is 4.11. The van der Waals surface area contributed by atoms with Gasteiger partial charge in [-0.05, 0) is 81.5 Å². The average molecular weight is 572 g/mol. The van der Waals surface area contributed by atoms with Gasteiger partial charge in [0, 0.05) is 16.0 Å². The predicted molar refractivity (Wildman–Crippen MR) is 149 cm³/mol. The standard InChI is InChI=1S/C28H27ClFN3O5S/c1-3-37-28(36)24-19-7-4-5-10-23(19)39-27(24)32-26(35)17-11-13-18(14-12-17)38-16(2)25(34)33-31-15-20-21(29)8-6-9-22(20)30/h6,8-9,11-16H,3-5,7,10H2,1-2H3,(H,32,35)(H,33,34)/b31-15+. The first kappa shape index (κ1) is 28.3. The monoisotopic (exact) mass is 571 g/mol. The molecule has 39 heavy (non-hydrogen) atoms. The maximum Gasteiger partial charge on any atom is 0.341 e.